The Hall–Kier alpha value is -0.790. The third-order valence-electron chi connectivity index (χ3n) is 2.67. The third kappa shape index (κ3) is 2.10. The van der Waals surface area contributed by atoms with Crippen molar-refractivity contribution < 1.29 is 9.90 Å². The maximum absolute atomic E-state index is 10.6. The molecule has 0 aromatic carbocycles. The molecule has 1 N–H and O–H groups in total. The maximum atomic E-state index is 10.6. The Morgan fingerprint density at radius 3 is 2.67 bits per heavy atom. The lowest BCUT2D eigenvalue weighted by atomic mass is 9.82. The van der Waals surface area contributed by atoms with Gasteiger partial charge in [-0.25, -0.2) is 4.79 Å². The van der Waals surface area contributed by atoms with Crippen molar-refractivity contribution in [2.45, 2.75) is 33.1 Å². The Morgan fingerprint density at radius 2 is 2.33 bits per heavy atom. The Bertz CT molecular complexity index is 204. The van der Waals surface area contributed by atoms with Crippen LogP contribution in [0.15, 0.2) is 11.6 Å². The first-order valence-corrected chi connectivity index (χ1v) is 4.53. The SMILES string of the molecule is CC(C)C1CC=C(C(=O)O)CC1. The van der Waals surface area contributed by atoms with Crippen molar-refractivity contribution in [1.82, 2.24) is 0 Å². The molecule has 12 heavy (non-hydrogen) atoms. The number of allylic oxidation sites excluding steroid dienone is 1. The van der Waals surface area contributed by atoms with Crippen molar-refractivity contribution in [2.24, 2.45) is 11.8 Å². The second kappa shape index (κ2) is 3.74. The van der Waals surface area contributed by atoms with Gasteiger partial charge in [0.15, 0.2) is 0 Å². The number of carboxylic acids is 1. The fourth-order valence-corrected chi connectivity index (χ4v) is 1.65. The summed E-state index contributed by atoms with van der Waals surface area (Å²) in [7, 11) is 0. The van der Waals surface area contributed by atoms with E-state index in [1.807, 2.05) is 6.08 Å². The summed E-state index contributed by atoms with van der Waals surface area (Å²) in [6, 6.07) is 0. The van der Waals surface area contributed by atoms with Gasteiger partial charge in [-0.05, 0) is 31.1 Å². The van der Waals surface area contributed by atoms with Crippen LogP contribution in [-0.2, 0) is 4.79 Å². The first kappa shape index (κ1) is 9.30. The standard InChI is InChI=1S/C10H16O2/c1-7(2)8-3-5-9(6-4-8)10(11)12/h5,7-8H,3-4,6H2,1-2H3,(H,11,12). The second-order valence-electron chi connectivity index (χ2n) is 3.81. The van der Waals surface area contributed by atoms with Crippen LogP contribution in [0.5, 0.6) is 0 Å². The number of hydrogen-bond acceptors (Lipinski definition) is 1. The summed E-state index contributed by atoms with van der Waals surface area (Å²) in [6.07, 6.45) is 4.61. The molecule has 2 heteroatoms. The minimum absolute atomic E-state index is 0.604. The van der Waals surface area contributed by atoms with Gasteiger partial charge in [0.2, 0.25) is 0 Å². The number of hydrogen-bond donors (Lipinski definition) is 1. The van der Waals surface area contributed by atoms with Gasteiger partial charge < -0.3 is 5.11 Å². The highest BCUT2D eigenvalue weighted by Gasteiger charge is 2.19. The second-order valence-corrected chi connectivity index (χ2v) is 3.81. The smallest absolute Gasteiger partial charge is 0.331 e. The summed E-state index contributed by atoms with van der Waals surface area (Å²) in [6.45, 7) is 4.40. The van der Waals surface area contributed by atoms with Gasteiger partial charge in [-0.2, -0.15) is 0 Å². The van der Waals surface area contributed by atoms with Crippen molar-refractivity contribution >= 4 is 5.97 Å². The van der Waals surface area contributed by atoms with Gasteiger partial charge in [0.05, 0.1) is 0 Å². The molecule has 0 radical (unpaired) electrons. The molecule has 0 aromatic rings. The third-order valence-corrected chi connectivity index (χ3v) is 2.67. The van der Waals surface area contributed by atoms with E-state index in [0.717, 1.165) is 19.3 Å². The summed E-state index contributed by atoms with van der Waals surface area (Å²) < 4.78 is 0. The zero-order valence-electron chi connectivity index (χ0n) is 7.71. The van der Waals surface area contributed by atoms with Crippen LogP contribution in [0.4, 0.5) is 0 Å². The zero-order chi connectivity index (χ0) is 9.14. The van der Waals surface area contributed by atoms with Gasteiger partial charge in [-0.15, -0.1) is 0 Å². The van der Waals surface area contributed by atoms with Crippen molar-refractivity contribution in [1.29, 1.82) is 0 Å². The predicted octanol–water partition coefficient (Wildman–Crippen LogP) is 2.45. The van der Waals surface area contributed by atoms with Crippen LogP contribution in [0.2, 0.25) is 0 Å². The van der Waals surface area contributed by atoms with Crippen LogP contribution in [0, 0.1) is 11.8 Å². The summed E-state index contributed by atoms with van der Waals surface area (Å²) in [5.74, 6) is 0.627. The minimum atomic E-state index is -0.739. The summed E-state index contributed by atoms with van der Waals surface area (Å²) in [5, 5.41) is 8.69. The van der Waals surface area contributed by atoms with E-state index in [0.29, 0.717) is 17.4 Å². The van der Waals surface area contributed by atoms with Gasteiger partial charge in [-0.3, -0.25) is 0 Å². The normalized spacial score (nSPS) is 23.9. The van der Waals surface area contributed by atoms with Crippen molar-refractivity contribution in [3.05, 3.63) is 11.6 Å². The average Bonchev–Trinajstić information content (AvgIpc) is 2.04. The molecule has 0 aromatic heterocycles. The van der Waals surface area contributed by atoms with Gasteiger partial charge in [0, 0.05) is 5.57 Å². The van der Waals surface area contributed by atoms with Crippen LogP contribution in [0.1, 0.15) is 33.1 Å². The van der Waals surface area contributed by atoms with E-state index in [4.69, 9.17) is 5.11 Å². The molecule has 1 rings (SSSR count). The number of carbonyl (C=O) groups is 1. The largest absolute Gasteiger partial charge is 0.478 e. The van der Waals surface area contributed by atoms with Crippen LogP contribution in [0.25, 0.3) is 0 Å². The molecule has 0 fully saturated rings. The quantitative estimate of drug-likeness (QED) is 0.687. The minimum Gasteiger partial charge on any atom is -0.478 e. The fraction of sp³-hybridized carbons (Fsp3) is 0.700. The summed E-state index contributed by atoms with van der Waals surface area (Å²) in [5.41, 5.74) is 0.604. The van der Waals surface area contributed by atoms with E-state index in [2.05, 4.69) is 13.8 Å². The number of carboxylic acid groups (broad SMARTS) is 1. The Morgan fingerprint density at radius 1 is 1.67 bits per heavy atom. The molecule has 0 heterocycles. The van der Waals surface area contributed by atoms with Gasteiger partial charge in [0.1, 0.15) is 0 Å². The highest BCUT2D eigenvalue weighted by atomic mass is 16.4. The molecule has 1 aliphatic carbocycles. The van der Waals surface area contributed by atoms with Gasteiger partial charge >= 0.3 is 5.97 Å². The lowest BCUT2D eigenvalue weighted by molar-refractivity contribution is -0.133. The maximum Gasteiger partial charge on any atom is 0.331 e. The summed E-state index contributed by atoms with van der Waals surface area (Å²) in [4.78, 5) is 10.6. The fourth-order valence-electron chi connectivity index (χ4n) is 1.65. The first-order chi connectivity index (χ1) is 5.61. The molecule has 0 aliphatic heterocycles. The van der Waals surface area contributed by atoms with Crippen LogP contribution < -0.4 is 0 Å². The van der Waals surface area contributed by atoms with E-state index in [1.54, 1.807) is 0 Å². The molecule has 68 valence electrons. The lowest BCUT2D eigenvalue weighted by Gasteiger charge is -2.23. The molecule has 1 atom stereocenters. The molecular formula is C10H16O2. The molecule has 1 unspecified atom stereocenters. The topological polar surface area (TPSA) is 37.3 Å². The molecule has 1 aliphatic rings. The summed E-state index contributed by atoms with van der Waals surface area (Å²) >= 11 is 0. The Labute approximate surface area is 73.3 Å². The molecule has 0 amide bonds. The first-order valence-electron chi connectivity index (χ1n) is 4.53. The average molecular weight is 168 g/mol. The van der Waals surface area contributed by atoms with Crippen molar-refractivity contribution in [2.75, 3.05) is 0 Å². The molecule has 0 saturated carbocycles. The van der Waals surface area contributed by atoms with E-state index in [-0.39, 0.29) is 0 Å². The number of aliphatic carboxylic acids is 1. The van der Waals surface area contributed by atoms with Gasteiger partial charge in [0.25, 0.3) is 0 Å². The highest BCUT2D eigenvalue weighted by Crippen LogP contribution is 2.28. The zero-order valence-corrected chi connectivity index (χ0v) is 7.71. The molecule has 2 nitrogen and oxygen atoms in total. The number of rotatable bonds is 2. The lowest BCUT2D eigenvalue weighted by Crippen LogP contribution is -2.15. The van der Waals surface area contributed by atoms with Crippen LogP contribution >= 0.6 is 0 Å². The molecular weight excluding hydrogens is 152 g/mol. The molecule has 0 saturated heterocycles. The predicted molar refractivity (Wildman–Crippen MR) is 47.9 cm³/mol. The Kier molecular flexibility index (Phi) is 2.90. The Balaban J connectivity index is 2.53. The van der Waals surface area contributed by atoms with E-state index in [1.165, 1.54) is 0 Å². The van der Waals surface area contributed by atoms with E-state index in [9.17, 15) is 4.79 Å². The van der Waals surface area contributed by atoms with E-state index < -0.39 is 5.97 Å². The molecule has 0 bridgehead atoms. The van der Waals surface area contributed by atoms with E-state index >= 15 is 0 Å². The van der Waals surface area contributed by atoms with Gasteiger partial charge in [-0.1, -0.05) is 19.9 Å². The molecule has 0 spiro atoms. The monoisotopic (exact) mass is 168 g/mol. The van der Waals surface area contributed by atoms with Crippen LogP contribution in [0.3, 0.4) is 0 Å². The highest BCUT2D eigenvalue weighted by molar-refractivity contribution is 5.86. The van der Waals surface area contributed by atoms with Crippen molar-refractivity contribution in [3.8, 4) is 0 Å². The van der Waals surface area contributed by atoms with Crippen LogP contribution in [-0.4, -0.2) is 11.1 Å². The van der Waals surface area contributed by atoms with Crippen molar-refractivity contribution in [3.63, 3.8) is 0 Å².